The van der Waals surface area contributed by atoms with Crippen molar-refractivity contribution in [3.05, 3.63) is 0 Å². The van der Waals surface area contributed by atoms with Crippen molar-refractivity contribution in [1.82, 2.24) is 5.32 Å². The third kappa shape index (κ3) is 4.73. The third-order valence-electron chi connectivity index (χ3n) is 2.30. The molecule has 2 nitrogen and oxygen atoms in total. The maximum atomic E-state index is 8.83. The first-order chi connectivity index (χ1) is 5.33. The van der Waals surface area contributed by atoms with Crippen LogP contribution in [0.5, 0.6) is 0 Å². The van der Waals surface area contributed by atoms with Crippen LogP contribution in [0, 0.1) is 0 Å². The highest BCUT2D eigenvalue weighted by Gasteiger charge is 2.25. The van der Waals surface area contributed by atoms with Crippen molar-refractivity contribution in [2.24, 2.45) is 0 Å². The number of rotatable bonds is 5. The summed E-state index contributed by atoms with van der Waals surface area (Å²) < 4.78 is 0. The van der Waals surface area contributed by atoms with Crippen LogP contribution in [-0.4, -0.2) is 22.8 Å². The van der Waals surface area contributed by atoms with E-state index in [0.29, 0.717) is 0 Å². The zero-order valence-electron chi connectivity index (χ0n) is 9.07. The van der Waals surface area contributed by atoms with E-state index in [1.807, 2.05) is 0 Å². The lowest BCUT2D eigenvalue weighted by Gasteiger charge is -2.36. The smallest absolute Gasteiger partial charge is 0.0448 e. The molecule has 0 aromatic heterocycles. The van der Waals surface area contributed by atoms with E-state index in [4.69, 9.17) is 5.11 Å². The minimum Gasteiger partial charge on any atom is -0.396 e. The fourth-order valence-electron chi connectivity index (χ4n) is 1.35. The summed E-state index contributed by atoms with van der Waals surface area (Å²) in [6.45, 7) is 11.0. The first-order valence-corrected chi connectivity index (χ1v) is 4.73. The molecule has 0 fully saturated rings. The Labute approximate surface area is 76.4 Å². The predicted molar refractivity (Wildman–Crippen MR) is 53.3 cm³/mol. The Morgan fingerprint density at radius 1 is 1.08 bits per heavy atom. The molecule has 0 saturated heterocycles. The van der Waals surface area contributed by atoms with Crippen molar-refractivity contribution in [2.75, 3.05) is 6.61 Å². The molecule has 0 heterocycles. The summed E-state index contributed by atoms with van der Waals surface area (Å²) in [5, 5.41) is 12.4. The van der Waals surface area contributed by atoms with Gasteiger partial charge in [0.1, 0.15) is 0 Å². The summed E-state index contributed by atoms with van der Waals surface area (Å²) >= 11 is 0. The zero-order chi connectivity index (χ0) is 9.83. The summed E-state index contributed by atoms with van der Waals surface area (Å²) in [7, 11) is 0. The van der Waals surface area contributed by atoms with E-state index in [1.54, 1.807) is 0 Å². The topological polar surface area (TPSA) is 32.3 Å². The molecule has 0 atom stereocenters. The van der Waals surface area contributed by atoms with Gasteiger partial charge in [0.25, 0.3) is 0 Å². The number of aliphatic hydroxyl groups is 1. The maximum Gasteiger partial charge on any atom is 0.0448 e. The van der Waals surface area contributed by atoms with Crippen molar-refractivity contribution in [1.29, 1.82) is 0 Å². The minimum atomic E-state index is 0.0360. The van der Waals surface area contributed by atoms with Gasteiger partial charge in [-0.3, -0.25) is 0 Å². The first kappa shape index (κ1) is 11.9. The van der Waals surface area contributed by atoms with Crippen molar-refractivity contribution in [3.8, 4) is 0 Å². The lowest BCUT2D eigenvalue weighted by molar-refractivity contribution is 0.192. The molecular weight excluding hydrogens is 150 g/mol. The predicted octanol–water partition coefficient (Wildman–Crippen LogP) is 1.93. The Bertz CT molecular complexity index is 130. The van der Waals surface area contributed by atoms with Crippen LogP contribution in [0.1, 0.15) is 47.5 Å². The lowest BCUT2D eigenvalue weighted by Crippen LogP contribution is -2.52. The van der Waals surface area contributed by atoms with Gasteiger partial charge in [0.15, 0.2) is 0 Å². The van der Waals surface area contributed by atoms with E-state index < -0.39 is 0 Å². The maximum absolute atomic E-state index is 8.83. The van der Waals surface area contributed by atoms with Gasteiger partial charge in [-0.25, -0.2) is 0 Å². The summed E-state index contributed by atoms with van der Waals surface area (Å²) in [5.74, 6) is 0. The molecule has 0 aliphatic heterocycles. The Morgan fingerprint density at radius 2 is 1.58 bits per heavy atom. The molecule has 0 aromatic carbocycles. The van der Waals surface area contributed by atoms with Crippen LogP contribution < -0.4 is 5.32 Å². The van der Waals surface area contributed by atoms with Crippen LogP contribution in [0.3, 0.4) is 0 Å². The summed E-state index contributed by atoms with van der Waals surface area (Å²) in [4.78, 5) is 0. The number of hydrogen-bond donors (Lipinski definition) is 2. The van der Waals surface area contributed by atoms with Gasteiger partial charge in [-0.15, -0.1) is 0 Å². The molecule has 0 radical (unpaired) electrons. The van der Waals surface area contributed by atoms with Crippen LogP contribution in [0.4, 0.5) is 0 Å². The zero-order valence-corrected chi connectivity index (χ0v) is 9.07. The molecular formula is C10H23NO. The quantitative estimate of drug-likeness (QED) is 0.666. The highest BCUT2D eigenvalue weighted by Crippen LogP contribution is 2.16. The van der Waals surface area contributed by atoms with Gasteiger partial charge in [0.05, 0.1) is 0 Å². The van der Waals surface area contributed by atoms with E-state index in [1.165, 1.54) is 0 Å². The Kier molecular flexibility index (Phi) is 4.21. The largest absolute Gasteiger partial charge is 0.396 e. The molecule has 0 aliphatic rings. The second-order valence-corrected chi connectivity index (χ2v) is 4.72. The van der Waals surface area contributed by atoms with Crippen LogP contribution >= 0.6 is 0 Å². The van der Waals surface area contributed by atoms with Crippen molar-refractivity contribution in [3.63, 3.8) is 0 Å². The third-order valence-corrected chi connectivity index (χ3v) is 2.30. The molecule has 2 heteroatoms. The molecule has 0 aromatic rings. The average Bonchev–Trinajstić information content (AvgIpc) is 1.85. The molecule has 0 rings (SSSR count). The average molecular weight is 173 g/mol. The highest BCUT2D eigenvalue weighted by molar-refractivity contribution is 4.86. The summed E-state index contributed by atoms with van der Waals surface area (Å²) in [5.41, 5.74) is 0.201. The van der Waals surface area contributed by atoms with Crippen LogP contribution in [0.2, 0.25) is 0 Å². The minimum absolute atomic E-state index is 0.0360. The molecule has 0 aliphatic carbocycles. The van der Waals surface area contributed by atoms with Crippen LogP contribution in [0.25, 0.3) is 0 Å². The van der Waals surface area contributed by atoms with E-state index in [9.17, 15) is 0 Å². The molecule has 0 unspecified atom stereocenters. The van der Waals surface area contributed by atoms with Gasteiger partial charge in [0, 0.05) is 17.7 Å². The Morgan fingerprint density at radius 3 is 1.92 bits per heavy atom. The Balaban J connectivity index is 4.04. The van der Waals surface area contributed by atoms with Gasteiger partial charge in [-0.1, -0.05) is 6.92 Å². The van der Waals surface area contributed by atoms with Gasteiger partial charge in [0.2, 0.25) is 0 Å². The summed E-state index contributed by atoms with van der Waals surface area (Å²) in [6.07, 6.45) is 1.90. The lowest BCUT2D eigenvalue weighted by atomic mass is 9.93. The molecule has 2 N–H and O–H groups in total. The van der Waals surface area contributed by atoms with Crippen molar-refractivity contribution in [2.45, 2.75) is 58.5 Å². The van der Waals surface area contributed by atoms with Crippen molar-refractivity contribution < 1.29 is 5.11 Å². The molecule has 74 valence electrons. The highest BCUT2D eigenvalue weighted by atomic mass is 16.3. The standard InChI is InChI=1S/C10H23NO/c1-6-9(2,3)11-10(4,5)7-8-12/h11-12H,6-8H2,1-5H3. The Hall–Kier alpha value is -0.0800. The van der Waals surface area contributed by atoms with Gasteiger partial charge >= 0.3 is 0 Å². The van der Waals surface area contributed by atoms with E-state index in [2.05, 4.69) is 39.9 Å². The van der Waals surface area contributed by atoms with Gasteiger partial charge in [-0.05, 0) is 40.5 Å². The normalized spacial score (nSPS) is 13.5. The van der Waals surface area contributed by atoms with Crippen LogP contribution in [0.15, 0.2) is 0 Å². The monoisotopic (exact) mass is 173 g/mol. The fraction of sp³-hybridized carbons (Fsp3) is 1.00. The van der Waals surface area contributed by atoms with Gasteiger partial charge < -0.3 is 10.4 Å². The second-order valence-electron chi connectivity index (χ2n) is 4.72. The molecule has 12 heavy (non-hydrogen) atoms. The second kappa shape index (κ2) is 4.24. The number of nitrogens with one attached hydrogen (secondary N) is 1. The first-order valence-electron chi connectivity index (χ1n) is 4.73. The molecule has 0 spiro atoms. The number of hydrogen-bond acceptors (Lipinski definition) is 2. The van der Waals surface area contributed by atoms with Crippen LogP contribution in [-0.2, 0) is 0 Å². The van der Waals surface area contributed by atoms with E-state index in [0.717, 1.165) is 12.8 Å². The molecule has 0 amide bonds. The molecule has 0 saturated carbocycles. The fourth-order valence-corrected chi connectivity index (χ4v) is 1.35. The van der Waals surface area contributed by atoms with E-state index >= 15 is 0 Å². The van der Waals surface area contributed by atoms with Gasteiger partial charge in [-0.2, -0.15) is 0 Å². The van der Waals surface area contributed by atoms with E-state index in [-0.39, 0.29) is 17.7 Å². The number of aliphatic hydroxyl groups excluding tert-OH is 1. The SMILES string of the molecule is CCC(C)(C)NC(C)(C)CCO. The molecule has 0 bridgehead atoms. The summed E-state index contributed by atoms with van der Waals surface area (Å²) in [6, 6.07) is 0. The van der Waals surface area contributed by atoms with Crippen molar-refractivity contribution >= 4 is 0 Å².